The number of nitrogens with zero attached hydrogens (tertiary/aromatic N) is 1. The summed E-state index contributed by atoms with van der Waals surface area (Å²) in [5, 5.41) is 8.70. The van der Waals surface area contributed by atoms with E-state index in [0.717, 1.165) is 18.4 Å². The molecule has 0 spiro atoms. The summed E-state index contributed by atoms with van der Waals surface area (Å²) in [4.78, 5) is 0. The predicted molar refractivity (Wildman–Crippen MR) is 60.9 cm³/mol. The van der Waals surface area contributed by atoms with E-state index >= 15 is 0 Å². The number of rotatable bonds is 2. The van der Waals surface area contributed by atoms with Crippen molar-refractivity contribution in [2.75, 3.05) is 0 Å². The van der Waals surface area contributed by atoms with Crippen LogP contribution in [0.3, 0.4) is 0 Å². The zero-order chi connectivity index (χ0) is 11.1. The molecule has 0 heterocycles. The molecule has 1 atom stereocenters. The molecule has 2 heteroatoms. The molecule has 76 valence electrons. The molecule has 0 radical (unpaired) electrons. The smallest absolute Gasteiger partial charge is 0.0992 e. The highest BCUT2D eigenvalue weighted by molar-refractivity contribution is 5.41. The summed E-state index contributed by atoms with van der Waals surface area (Å²) in [5.41, 5.74) is 7.24. The van der Waals surface area contributed by atoms with E-state index in [1.54, 1.807) is 12.1 Å². The fourth-order valence-corrected chi connectivity index (χ4v) is 1.23. The predicted octanol–water partition coefficient (Wildman–Crippen LogP) is 2.04. The Morgan fingerprint density at radius 3 is 2.80 bits per heavy atom. The molecule has 0 saturated heterocycles. The second kappa shape index (κ2) is 5.86. The van der Waals surface area contributed by atoms with Crippen LogP contribution in [0.2, 0.25) is 0 Å². The maximum absolute atomic E-state index is 8.70. The van der Waals surface area contributed by atoms with Crippen molar-refractivity contribution in [1.82, 2.24) is 0 Å². The SMILES string of the molecule is CCCC(N)C#Cc1cccc(C#N)c1. The largest absolute Gasteiger partial charge is 0.318 e. The Kier molecular flexibility index (Phi) is 4.41. The Morgan fingerprint density at radius 2 is 2.13 bits per heavy atom. The van der Waals surface area contributed by atoms with Gasteiger partial charge in [-0.1, -0.05) is 31.3 Å². The first-order valence-corrected chi connectivity index (χ1v) is 5.03. The first-order chi connectivity index (χ1) is 7.26. The van der Waals surface area contributed by atoms with Crippen molar-refractivity contribution in [1.29, 1.82) is 5.26 Å². The molecule has 1 rings (SSSR count). The summed E-state index contributed by atoms with van der Waals surface area (Å²) in [5.74, 6) is 5.95. The van der Waals surface area contributed by atoms with Crippen LogP contribution in [0.5, 0.6) is 0 Å². The van der Waals surface area contributed by atoms with Gasteiger partial charge < -0.3 is 5.73 Å². The van der Waals surface area contributed by atoms with E-state index in [2.05, 4.69) is 24.8 Å². The molecule has 0 amide bonds. The van der Waals surface area contributed by atoms with Gasteiger partial charge in [-0.2, -0.15) is 5.26 Å². The third kappa shape index (κ3) is 3.85. The molecule has 0 saturated carbocycles. The van der Waals surface area contributed by atoms with Crippen LogP contribution in [0.15, 0.2) is 24.3 Å². The standard InChI is InChI=1S/C13H14N2/c1-2-4-13(15)8-7-11-5-3-6-12(9-11)10-14/h3,5-6,9,13H,2,4,15H2,1H3. The lowest BCUT2D eigenvalue weighted by molar-refractivity contribution is 0.720. The summed E-state index contributed by atoms with van der Waals surface area (Å²) in [6, 6.07) is 9.25. The number of nitrogens with two attached hydrogens (primary N) is 1. The molecule has 1 aromatic carbocycles. The first kappa shape index (κ1) is 11.3. The van der Waals surface area contributed by atoms with E-state index in [-0.39, 0.29) is 6.04 Å². The molecule has 2 N–H and O–H groups in total. The van der Waals surface area contributed by atoms with Gasteiger partial charge in [-0.15, -0.1) is 0 Å². The Morgan fingerprint density at radius 1 is 1.40 bits per heavy atom. The Balaban J connectivity index is 2.76. The number of nitriles is 1. The van der Waals surface area contributed by atoms with Gasteiger partial charge >= 0.3 is 0 Å². The van der Waals surface area contributed by atoms with Crippen LogP contribution >= 0.6 is 0 Å². The zero-order valence-electron chi connectivity index (χ0n) is 8.83. The Bertz CT molecular complexity index is 418. The first-order valence-electron chi connectivity index (χ1n) is 5.03. The second-order valence-electron chi connectivity index (χ2n) is 3.36. The summed E-state index contributed by atoms with van der Waals surface area (Å²) in [6.45, 7) is 2.08. The molecular weight excluding hydrogens is 184 g/mol. The average molecular weight is 198 g/mol. The third-order valence-corrected chi connectivity index (χ3v) is 1.99. The lowest BCUT2D eigenvalue weighted by Gasteiger charge is -1.98. The maximum atomic E-state index is 8.70. The summed E-state index contributed by atoms with van der Waals surface area (Å²) in [7, 11) is 0. The summed E-state index contributed by atoms with van der Waals surface area (Å²) in [6.07, 6.45) is 1.94. The van der Waals surface area contributed by atoms with Crippen molar-refractivity contribution in [3.8, 4) is 17.9 Å². The van der Waals surface area contributed by atoms with E-state index in [1.165, 1.54) is 0 Å². The number of hydrogen-bond acceptors (Lipinski definition) is 2. The van der Waals surface area contributed by atoms with Gasteiger partial charge in [0.05, 0.1) is 17.7 Å². The van der Waals surface area contributed by atoms with Crippen LogP contribution in [0.25, 0.3) is 0 Å². The zero-order valence-corrected chi connectivity index (χ0v) is 8.83. The van der Waals surface area contributed by atoms with Crippen molar-refractivity contribution >= 4 is 0 Å². The summed E-state index contributed by atoms with van der Waals surface area (Å²) < 4.78 is 0. The molecule has 0 aromatic heterocycles. The van der Waals surface area contributed by atoms with Crippen molar-refractivity contribution in [3.63, 3.8) is 0 Å². The molecule has 15 heavy (non-hydrogen) atoms. The van der Waals surface area contributed by atoms with Gasteiger partial charge in [0, 0.05) is 5.56 Å². The van der Waals surface area contributed by atoms with Gasteiger partial charge in [-0.3, -0.25) is 0 Å². The third-order valence-electron chi connectivity index (χ3n) is 1.99. The minimum atomic E-state index is -0.0688. The number of benzene rings is 1. The fourth-order valence-electron chi connectivity index (χ4n) is 1.23. The van der Waals surface area contributed by atoms with Crippen LogP contribution in [-0.4, -0.2) is 6.04 Å². The molecular formula is C13H14N2. The second-order valence-corrected chi connectivity index (χ2v) is 3.36. The van der Waals surface area contributed by atoms with Gasteiger partial charge in [0.1, 0.15) is 0 Å². The Labute approximate surface area is 90.7 Å². The van der Waals surface area contributed by atoms with Crippen LogP contribution in [0.1, 0.15) is 30.9 Å². The van der Waals surface area contributed by atoms with Gasteiger partial charge in [-0.05, 0) is 24.6 Å². The van der Waals surface area contributed by atoms with Gasteiger partial charge in [0.2, 0.25) is 0 Å². The molecule has 0 aliphatic rings. The molecule has 1 unspecified atom stereocenters. The average Bonchev–Trinajstić information content (AvgIpc) is 2.27. The monoisotopic (exact) mass is 198 g/mol. The topological polar surface area (TPSA) is 49.8 Å². The van der Waals surface area contributed by atoms with Crippen molar-refractivity contribution in [3.05, 3.63) is 35.4 Å². The van der Waals surface area contributed by atoms with Crippen LogP contribution in [0.4, 0.5) is 0 Å². The van der Waals surface area contributed by atoms with E-state index in [1.807, 2.05) is 12.1 Å². The van der Waals surface area contributed by atoms with Gasteiger partial charge in [-0.25, -0.2) is 0 Å². The van der Waals surface area contributed by atoms with Crippen molar-refractivity contribution in [2.45, 2.75) is 25.8 Å². The van der Waals surface area contributed by atoms with Crippen LogP contribution in [-0.2, 0) is 0 Å². The molecule has 0 aliphatic heterocycles. The number of hydrogen-bond donors (Lipinski definition) is 1. The minimum Gasteiger partial charge on any atom is -0.318 e. The van der Waals surface area contributed by atoms with Gasteiger partial charge in [0.25, 0.3) is 0 Å². The highest BCUT2D eigenvalue weighted by atomic mass is 14.6. The van der Waals surface area contributed by atoms with Crippen LogP contribution < -0.4 is 5.73 Å². The van der Waals surface area contributed by atoms with Gasteiger partial charge in [0.15, 0.2) is 0 Å². The fraction of sp³-hybridized carbons (Fsp3) is 0.308. The van der Waals surface area contributed by atoms with Crippen LogP contribution in [0, 0.1) is 23.2 Å². The van der Waals surface area contributed by atoms with E-state index < -0.39 is 0 Å². The normalized spacial score (nSPS) is 11.0. The molecule has 0 bridgehead atoms. The highest BCUT2D eigenvalue weighted by Crippen LogP contribution is 2.02. The lowest BCUT2D eigenvalue weighted by Crippen LogP contribution is -2.16. The van der Waals surface area contributed by atoms with E-state index in [9.17, 15) is 0 Å². The quantitative estimate of drug-likeness (QED) is 0.739. The minimum absolute atomic E-state index is 0.0688. The molecule has 2 nitrogen and oxygen atoms in total. The molecule has 0 fully saturated rings. The van der Waals surface area contributed by atoms with Crippen molar-refractivity contribution < 1.29 is 0 Å². The highest BCUT2D eigenvalue weighted by Gasteiger charge is 1.94. The Hall–Kier alpha value is -1.77. The molecule has 0 aliphatic carbocycles. The van der Waals surface area contributed by atoms with Crippen molar-refractivity contribution in [2.24, 2.45) is 5.73 Å². The lowest BCUT2D eigenvalue weighted by atomic mass is 10.1. The van der Waals surface area contributed by atoms with E-state index in [4.69, 9.17) is 11.0 Å². The maximum Gasteiger partial charge on any atom is 0.0992 e. The van der Waals surface area contributed by atoms with E-state index in [0.29, 0.717) is 5.56 Å². The summed E-state index contributed by atoms with van der Waals surface area (Å²) >= 11 is 0. The molecule has 1 aromatic rings.